The number of nitrogens with one attached hydrogen (secondary N) is 1. The molecule has 0 fully saturated rings. The van der Waals surface area contributed by atoms with Crippen molar-refractivity contribution in [2.75, 3.05) is 5.32 Å². The Hall–Kier alpha value is -3.73. The van der Waals surface area contributed by atoms with E-state index in [0.29, 0.717) is 17.0 Å². The summed E-state index contributed by atoms with van der Waals surface area (Å²) in [7, 11) is 0. The van der Waals surface area contributed by atoms with Crippen LogP contribution in [-0.4, -0.2) is 15.6 Å². The number of aryl methyl sites for hydroxylation is 1. The molecule has 0 saturated carbocycles. The van der Waals surface area contributed by atoms with Crippen LogP contribution in [0.5, 0.6) is 0 Å². The highest BCUT2D eigenvalue weighted by Gasteiger charge is 2.12. The number of rotatable bonds is 4. The lowest BCUT2D eigenvalue weighted by molar-refractivity contribution is 1.03. The smallest absolute Gasteiger partial charge is 0.268 e. The molecule has 2 aromatic heterocycles. The van der Waals surface area contributed by atoms with E-state index >= 15 is 0 Å². The summed E-state index contributed by atoms with van der Waals surface area (Å²) in [6.45, 7) is 1.94. The predicted molar refractivity (Wildman–Crippen MR) is 110 cm³/mol. The maximum absolute atomic E-state index is 13.1. The second-order valence-electron chi connectivity index (χ2n) is 6.15. The predicted octanol–water partition coefficient (Wildman–Crippen LogP) is 4.50. The highest BCUT2D eigenvalue weighted by atomic mass is 16.1. The zero-order valence-electron chi connectivity index (χ0n) is 14.8. The largest absolute Gasteiger partial charge is 0.339 e. The zero-order valence-corrected chi connectivity index (χ0v) is 14.8. The molecular formula is C22H18N4O. The standard InChI is InChI=1S/C22H18N4O/c1-16-9-8-14-26-21(16)25-20(24-18-12-6-3-7-13-18)19(22(26)27)15-23-17-10-4-2-5-11-17/h2-15,24H,1H3. The molecule has 132 valence electrons. The SMILES string of the molecule is Cc1cccn2c(=O)c(C=Nc3ccccc3)c(Nc3ccccc3)nc12. The Balaban J connectivity index is 1.89. The molecule has 27 heavy (non-hydrogen) atoms. The summed E-state index contributed by atoms with van der Waals surface area (Å²) >= 11 is 0. The van der Waals surface area contributed by atoms with Crippen LogP contribution in [-0.2, 0) is 0 Å². The van der Waals surface area contributed by atoms with Crippen molar-refractivity contribution in [1.29, 1.82) is 0 Å². The molecule has 0 unspecified atom stereocenters. The molecule has 0 saturated heterocycles. The first-order valence-corrected chi connectivity index (χ1v) is 8.65. The molecular weight excluding hydrogens is 336 g/mol. The van der Waals surface area contributed by atoms with Gasteiger partial charge in [0.15, 0.2) is 0 Å². The number of aromatic nitrogens is 2. The molecule has 5 heteroatoms. The van der Waals surface area contributed by atoms with Gasteiger partial charge < -0.3 is 5.32 Å². The number of aliphatic imine (C=N–C) groups is 1. The second kappa shape index (κ2) is 7.25. The molecule has 1 N–H and O–H groups in total. The van der Waals surface area contributed by atoms with Gasteiger partial charge in [0.2, 0.25) is 0 Å². The van der Waals surface area contributed by atoms with E-state index in [0.717, 1.165) is 16.9 Å². The number of hydrogen-bond donors (Lipinski definition) is 1. The molecule has 2 heterocycles. The third-order valence-electron chi connectivity index (χ3n) is 4.22. The first-order chi connectivity index (χ1) is 13.2. The van der Waals surface area contributed by atoms with Crippen LogP contribution in [0.15, 0.2) is 88.8 Å². The van der Waals surface area contributed by atoms with Crippen LogP contribution in [0.4, 0.5) is 17.2 Å². The van der Waals surface area contributed by atoms with Gasteiger partial charge in [-0.05, 0) is 42.8 Å². The Kier molecular flexibility index (Phi) is 4.49. The monoisotopic (exact) mass is 354 g/mol. The van der Waals surface area contributed by atoms with E-state index in [1.807, 2.05) is 79.7 Å². The molecule has 4 aromatic rings. The third kappa shape index (κ3) is 3.48. The summed E-state index contributed by atoms with van der Waals surface area (Å²) in [5.74, 6) is 0.486. The molecule has 0 aliphatic carbocycles. The lowest BCUT2D eigenvalue weighted by atomic mass is 10.2. The van der Waals surface area contributed by atoms with Crippen LogP contribution in [0.3, 0.4) is 0 Å². The summed E-state index contributed by atoms with van der Waals surface area (Å²) in [5.41, 5.74) is 3.43. The van der Waals surface area contributed by atoms with Gasteiger partial charge in [-0.1, -0.05) is 42.5 Å². The number of para-hydroxylation sites is 2. The number of benzene rings is 2. The molecule has 0 atom stereocenters. The number of hydrogen-bond acceptors (Lipinski definition) is 4. The number of anilines is 2. The van der Waals surface area contributed by atoms with Gasteiger partial charge in [0, 0.05) is 18.1 Å². The van der Waals surface area contributed by atoms with Crippen molar-refractivity contribution in [2.24, 2.45) is 4.99 Å². The highest BCUT2D eigenvalue weighted by molar-refractivity contribution is 5.89. The molecule has 0 aliphatic heterocycles. The van der Waals surface area contributed by atoms with E-state index in [9.17, 15) is 4.79 Å². The van der Waals surface area contributed by atoms with E-state index in [4.69, 9.17) is 4.98 Å². The molecule has 0 amide bonds. The molecule has 0 radical (unpaired) electrons. The summed E-state index contributed by atoms with van der Waals surface area (Å²) in [4.78, 5) is 22.3. The topological polar surface area (TPSA) is 58.8 Å². The van der Waals surface area contributed by atoms with E-state index < -0.39 is 0 Å². The normalized spacial score (nSPS) is 11.1. The molecule has 5 nitrogen and oxygen atoms in total. The molecule has 0 aliphatic rings. The van der Waals surface area contributed by atoms with Gasteiger partial charge in [-0.15, -0.1) is 0 Å². The molecule has 0 bridgehead atoms. The number of nitrogens with zero attached hydrogens (tertiary/aromatic N) is 3. The fourth-order valence-electron chi connectivity index (χ4n) is 2.83. The fourth-order valence-corrected chi connectivity index (χ4v) is 2.83. The Labute approximate surface area is 156 Å². The van der Waals surface area contributed by atoms with E-state index in [-0.39, 0.29) is 5.56 Å². The van der Waals surface area contributed by atoms with Crippen LogP contribution in [0, 0.1) is 6.92 Å². The van der Waals surface area contributed by atoms with Crippen LogP contribution in [0.25, 0.3) is 5.65 Å². The minimum absolute atomic E-state index is 0.165. The van der Waals surface area contributed by atoms with Gasteiger partial charge in [0.05, 0.1) is 5.69 Å². The fraction of sp³-hybridized carbons (Fsp3) is 0.0455. The maximum Gasteiger partial charge on any atom is 0.268 e. The Bertz CT molecular complexity index is 1170. The van der Waals surface area contributed by atoms with Crippen molar-refractivity contribution in [1.82, 2.24) is 9.38 Å². The Morgan fingerprint density at radius 1 is 0.963 bits per heavy atom. The van der Waals surface area contributed by atoms with Gasteiger partial charge in [-0.3, -0.25) is 14.2 Å². The Morgan fingerprint density at radius 3 is 2.41 bits per heavy atom. The van der Waals surface area contributed by atoms with Crippen molar-refractivity contribution in [2.45, 2.75) is 6.92 Å². The van der Waals surface area contributed by atoms with Crippen LogP contribution >= 0.6 is 0 Å². The average molecular weight is 354 g/mol. The quantitative estimate of drug-likeness (QED) is 0.549. The van der Waals surface area contributed by atoms with Crippen LogP contribution in [0.2, 0.25) is 0 Å². The molecule has 0 spiro atoms. The van der Waals surface area contributed by atoms with Crippen molar-refractivity contribution >= 4 is 29.1 Å². The molecule has 2 aromatic carbocycles. The average Bonchev–Trinajstić information content (AvgIpc) is 2.70. The third-order valence-corrected chi connectivity index (χ3v) is 4.22. The number of fused-ring (bicyclic) bond motifs is 1. The lowest BCUT2D eigenvalue weighted by Crippen LogP contribution is -2.22. The zero-order chi connectivity index (χ0) is 18.6. The summed E-state index contributed by atoms with van der Waals surface area (Å²) < 4.78 is 1.55. The van der Waals surface area contributed by atoms with E-state index in [1.54, 1.807) is 16.8 Å². The maximum atomic E-state index is 13.1. The summed E-state index contributed by atoms with van der Waals surface area (Å²) in [6, 6.07) is 23.0. The van der Waals surface area contributed by atoms with Crippen molar-refractivity contribution in [3.63, 3.8) is 0 Å². The van der Waals surface area contributed by atoms with Crippen LogP contribution in [0.1, 0.15) is 11.1 Å². The lowest BCUT2D eigenvalue weighted by Gasteiger charge is -2.11. The highest BCUT2D eigenvalue weighted by Crippen LogP contribution is 2.19. The first kappa shape index (κ1) is 16.7. The van der Waals surface area contributed by atoms with Gasteiger partial charge in [-0.2, -0.15) is 0 Å². The minimum Gasteiger partial charge on any atom is -0.339 e. The van der Waals surface area contributed by atoms with Crippen molar-refractivity contribution < 1.29 is 0 Å². The van der Waals surface area contributed by atoms with Gasteiger partial charge in [0.25, 0.3) is 5.56 Å². The van der Waals surface area contributed by atoms with E-state index in [1.165, 1.54) is 0 Å². The second-order valence-corrected chi connectivity index (χ2v) is 6.15. The minimum atomic E-state index is -0.165. The van der Waals surface area contributed by atoms with Crippen molar-refractivity contribution in [3.8, 4) is 0 Å². The van der Waals surface area contributed by atoms with Crippen molar-refractivity contribution in [3.05, 3.63) is 100 Å². The summed E-state index contributed by atoms with van der Waals surface area (Å²) in [6.07, 6.45) is 3.30. The molecule has 4 rings (SSSR count). The first-order valence-electron chi connectivity index (χ1n) is 8.65. The van der Waals surface area contributed by atoms with Gasteiger partial charge in [-0.25, -0.2) is 4.98 Å². The van der Waals surface area contributed by atoms with Gasteiger partial charge in [0.1, 0.15) is 17.0 Å². The Morgan fingerprint density at radius 2 is 1.67 bits per heavy atom. The number of pyridine rings is 1. The summed E-state index contributed by atoms with van der Waals surface area (Å²) in [5, 5.41) is 3.25. The van der Waals surface area contributed by atoms with Gasteiger partial charge >= 0.3 is 0 Å². The van der Waals surface area contributed by atoms with Crippen LogP contribution < -0.4 is 10.9 Å². The van der Waals surface area contributed by atoms with E-state index in [2.05, 4.69) is 10.3 Å².